The van der Waals surface area contributed by atoms with E-state index in [2.05, 4.69) is 104 Å². The van der Waals surface area contributed by atoms with Crippen molar-refractivity contribution in [3.63, 3.8) is 0 Å². The minimum absolute atomic E-state index is 0.649. The Kier molecular flexibility index (Phi) is 7.20. The standard InChI is InChI=1S/C29H32N6/c30-27-28(34-18-16-33(17-19-34)20-24-10-4-1-5-11-24)31-23-32-29(27)35(21-25-12-6-2-7-13-25)22-26-14-8-3-9-15-26/h1-15,23H,16-22,30H2. The van der Waals surface area contributed by atoms with Crippen molar-refractivity contribution in [2.24, 2.45) is 0 Å². The van der Waals surface area contributed by atoms with Crippen LogP contribution in [0.25, 0.3) is 0 Å². The van der Waals surface area contributed by atoms with Gasteiger partial charge in [-0.25, -0.2) is 9.97 Å². The van der Waals surface area contributed by atoms with E-state index in [1.54, 1.807) is 6.33 Å². The van der Waals surface area contributed by atoms with Crippen LogP contribution in [-0.2, 0) is 19.6 Å². The summed E-state index contributed by atoms with van der Waals surface area (Å²) >= 11 is 0. The molecule has 0 unspecified atom stereocenters. The van der Waals surface area contributed by atoms with Gasteiger partial charge in [-0.2, -0.15) is 0 Å². The van der Waals surface area contributed by atoms with Gasteiger partial charge in [-0.05, 0) is 16.7 Å². The third kappa shape index (κ3) is 5.78. The Morgan fingerprint density at radius 2 is 1.17 bits per heavy atom. The lowest BCUT2D eigenvalue weighted by Gasteiger charge is -2.36. The summed E-state index contributed by atoms with van der Waals surface area (Å²) < 4.78 is 0. The number of anilines is 3. The van der Waals surface area contributed by atoms with Gasteiger partial charge in [-0.1, -0.05) is 91.0 Å². The average molecular weight is 465 g/mol. The molecule has 0 bridgehead atoms. The minimum Gasteiger partial charge on any atom is -0.393 e. The SMILES string of the molecule is Nc1c(N2CCN(Cc3ccccc3)CC2)ncnc1N(Cc1ccccc1)Cc1ccccc1. The third-order valence-electron chi connectivity index (χ3n) is 6.49. The fourth-order valence-corrected chi connectivity index (χ4v) is 4.65. The average Bonchev–Trinajstić information content (AvgIpc) is 2.91. The predicted octanol–water partition coefficient (Wildman–Crippen LogP) is 4.59. The van der Waals surface area contributed by atoms with Gasteiger partial charge >= 0.3 is 0 Å². The molecule has 1 aliphatic heterocycles. The first-order chi connectivity index (χ1) is 17.3. The fourth-order valence-electron chi connectivity index (χ4n) is 4.65. The van der Waals surface area contributed by atoms with Gasteiger partial charge in [0.15, 0.2) is 11.6 Å². The molecular formula is C29H32N6. The van der Waals surface area contributed by atoms with Crippen LogP contribution in [0.3, 0.4) is 0 Å². The number of nitrogens with two attached hydrogens (primary N) is 1. The summed E-state index contributed by atoms with van der Waals surface area (Å²) in [6, 6.07) is 31.6. The highest BCUT2D eigenvalue weighted by molar-refractivity contribution is 5.76. The number of nitrogens with zero attached hydrogens (tertiary/aromatic N) is 5. The van der Waals surface area contributed by atoms with E-state index < -0.39 is 0 Å². The first-order valence-corrected chi connectivity index (χ1v) is 12.2. The normalized spacial score (nSPS) is 14.1. The number of aromatic nitrogens is 2. The Balaban J connectivity index is 1.34. The van der Waals surface area contributed by atoms with Gasteiger partial charge in [0.1, 0.15) is 12.0 Å². The lowest BCUT2D eigenvalue weighted by atomic mass is 10.1. The lowest BCUT2D eigenvalue weighted by Crippen LogP contribution is -2.46. The quantitative estimate of drug-likeness (QED) is 0.412. The first-order valence-electron chi connectivity index (χ1n) is 12.2. The monoisotopic (exact) mass is 464 g/mol. The van der Waals surface area contributed by atoms with Crippen LogP contribution in [0.2, 0.25) is 0 Å². The van der Waals surface area contributed by atoms with Gasteiger partial charge in [-0.3, -0.25) is 4.90 Å². The maximum atomic E-state index is 6.76. The van der Waals surface area contributed by atoms with E-state index in [-0.39, 0.29) is 0 Å². The number of hydrogen-bond acceptors (Lipinski definition) is 6. The molecule has 1 aliphatic rings. The van der Waals surface area contributed by atoms with Gasteiger partial charge in [0.25, 0.3) is 0 Å². The van der Waals surface area contributed by atoms with Crippen LogP contribution in [0.1, 0.15) is 16.7 Å². The molecule has 1 aromatic heterocycles. The number of rotatable bonds is 8. The maximum Gasteiger partial charge on any atom is 0.158 e. The second-order valence-electron chi connectivity index (χ2n) is 9.01. The molecule has 1 saturated heterocycles. The van der Waals surface area contributed by atoms with Crippen LogP contribution in [0.4, 0.5) is 17.3 Å². The van der Waals surface area contributed by atoms with Crippen molar-refractivity contribution >= 4 is 17.3 Å². The van der Waals surface area contributed by atoms with E-state index in [0.29, 0.717) is 5.69 Å². The molecule has 1 fully saturated rings. The number of benzene rings is 3. The Morgan fingerprint density at radius 3 is 1.71 bits per heavy atom. The summed E-state index contributed by atoms with van der Waals surface area (Å²) in [6.45, 7) is 6.16. The Morgan fingerprint density at radius 1 is 0.657 bits per heavy atom. The molecule has 0 aliphatic carbocycles. The molecule has 178 valence electrons. The van der Waals surface area contributed by atoms with E-state index in [4.69, 9.17) is 5.73 Å². The van der Waals surface area contributed by atoms with Crippen molar-refractivity contribution in [2.45, 2.75) is 19.6 Å². The first kappa shape index (κ1) is 22.9. The highest BCUT2D eigenvalue weighted by atomic mass is 15.3. The van der Waals surface area contributed by atoms with Crippen molar-refractivity contribution in [3.05, 3.63) is 114 Å². The van der Waals surface area contributed by atoms with E-state index in [1.165, 1.54) is 16.7 Å². The maximum absolute atomic E-state index is 6.76. The van der Waals surface area contributed by atoms with Crippen molar-refractivity contribution in [1.29, 1.82) is 0 Å². The van der Waals surface area contributed by atoms with E-state index in [1.807, 2.05) is 12.1 Å². The zero-order chi connectivity index (χ0) is 23.9. The summed E-state index contributed by atoms with van der Waals surface area (Å²) in [5.74, 6) is 1.62. The number of nitrogen functional groups attached to an aromatic ring is 1. The fraction of sp³-hybridized carbons (Fsp3) is 0.241. The van der Waals surface area contributed by atoms with Crippen LogP contribution in [0.5, 0.6) is 0 Å². The molecule has 35 heavy (non-hydrogen) atoms. The third-order valence-corrected chi connectivity index (χ3v) is 6.49. The summed E-state index contributed by atoms with van der Waals surface area (Å²) in [5.41, 5.74) is 11.2. The topological polar surface area (TPSA) is 61.5 Å². The molecular weight excluding hydrogens is 432 g/mol. The predicted molar refractivity (Wildman–Crippen MR) is 143 cm³/mol. The molecule has 0 saturated carbocycles. The summed E-state index contributed by atoms with van der Waals surface area (Å²) in [6.07, 6.45) is 1.65. The van der Waals surface area contributed by atoms with Gasteiger partial charge in [-0.15, -0.1) is 0 Å². The van der Waals surface area contributed by atoms with E-state index in [9.17, 15) is 0 Å². The van der Waals surface area contributed by atoms with Crippen LogP contribution in [0.15, 0.2) is 97.3 Å². The van der Waals surface area contributed by atoms with Gasteiger partial charge in [0.05, 0.1) is 0 Å². The van der Waals surface area contributed by atoms with Crippen LogP contribution in [-0.4, -0.2) is 41.0 Å². The second-order valence-corrected chi connectivity index (χ2v) is 9.01. The molecule has 0 atom stereocenters. The highest BCUT2D eigenvalue weighted by Crippen LogP contribution is 2.31. The van der Waals surface area contributed by atoms with Crippen molar-refractivity contribution in [3.8, 4) is 0 Å². The Hall–Kier alpha value is -3.90. The molecule has 0 amide bonds. The summed E-state index contributed by atoms with van der Waals surface area (Å²) in [5, 5.41) is 0. The summed E-state index contributed by atoms with van der Waals surface area (Å²) in [7, 11) is 0. The van der Waals surface area contributed by atoms with Gasteiger partial charge < -0.3 is 15.5 Å². The molecule has 3 aromatic carbocycles. The van der Waals surface area contributed by atoms with Gasteiger partial charge in [0, 0.05) is 45.8 Å². The largest absolute Gasteiger partial charge is 0.393 e. The molecule has 2 heterocycles. The minimum atomic E-state index is 0.649. The highest BCUT2D eigenvalue weighted by Gasteiger charge is 2.23. The molecule has 4 aromatic rings. The lowest BCUT2D eigenvalue weighted by molar-refractivity contribution is 0.249. The molecule has 5 rings (SSSR count). The van der Waals surface area contributed by atoms with Crippen molar-refractivity contribution in [1.82, 2.24) is 14.9 Å². The molecule has 0 spiro atoms. The molecule has 6 heteroatoms. The zero-order valence-electron chi connectivity index (χ0n) is 20.0. The van der Waals surface area contributed by atoms with E-state index >= 15 is 0 Å². The summed E-state index contributed by atoms with van der Waals surface area (Å²) in [4.78, 5) is 16.3. The van der Waals surface area contributed by atoms with Crippen LogP contribution < -0.4 is 15.5 Å². The van der Waals surface area contributed by atoms with E-state index in [0.717, 1.165) is 57.4 Å². The Bertz CT molecular complexity index is 1150. The molecule has 6 nitrogen and oxygen atoms in total. The van der Waals surface area contributed by atoms with Crippen molar-refractivity contribution < 1.29 is 0 Å². The zero-order valence-corrected chi connectivity index (χ0v) is 20.0. The Labute approximate surface area is 207 Å². The van der Waals surface area contributed by atoms with Crippen LogP contribution >= 0.6 is 0 Å². The number of piperazine rings is 1. The number of hydrogen-bond donors (Lipinski definition) is 1. The van der Waals surface area contributed by atoms with Crippen molar-refractivity contribution in [2.75, 3.05) is 41.7 Å². The molecule has 0 radical (unpaired) electrons. The van der Waals surface area contributed by atoms with Gasteiger partial charge in [0.2, 0.25) is 0 Å². The van der Waals surface area contributed by atoms with Crippen LogP contribution in [0, 0.1) is 0 Å². The molecule has 2 N–H and O–H groups in total. The second kappa shape index (κ2) is 11.0. The smallest absolute Gasteiger partial charge is 0.158 e.